The second-order valence-electron chi connectivity index (χ2n) is 7.52. The highest BCUT2D eigenvalue weighted by molar-refractivity contribution is 7.94. The fourth-order valence-electron chi connectivity index (χ4n) is 4.24. The standard InChI is InChI=1S/C18H18N2O8S/c1-18-9-28-12(22)8-19(11(21)7-10-5-3-2-4-6-10)13-15(23)20(14(18)17(24)25)16(13)29(18,26)27/h2-6,13-14,16H,7-9H2,1H3,(H,24,25)/t13-,14+,16?,18+/m1/s1. The van der Waals surface area contributed by atoms with Crippen molar-refractivity contribution in [1.82, 2.24) is 9.80 Å². The minimum Gasteiger partial charge on any atom is -0.480 e. The Morgan fingerprint density at radius 3 is 2.52 bits per heavy atom. The zero-order valence-electron chi connectivity index (χ0n) is 15.3. The maximum atomic E-state index is 13.2. The van der Waals surface area contributed by atoms with Crippen LogP contribution in [0.2, 0.25) is 0 Å². The van der Waals surface area contributed by atoms with Gasteiger partial charge < -0.3 is 19.6 Å². The second kappa shape index (κ2) is 6.28. The number of hydrogen-bond donors (Lipinski definition) is 1. The molecule has 1 N–H and O–H groups in total. The molecule has 3 fully saturated rings. The Labute approximate surface area is 165 Å². The molecule has 10 nitrogen and oxygen atoms in total. The van der Waals surface area contributed by atoms with E-state index in [9.17, 15) is 32.7 Å². The van der Waals surface area contributed by atoms with E-state index < -0.39 is 68.9 Å². The number of fused-ring (bicyclic) bond motifs is 1. The highest BCUT2D eigenvalue weighted by atomic mass is 32.2. The first-order chi connectivity index (χ1) is 13.6. The monoisotopic (exact) mass is 422 g/mol. The van der Waals surface area contributed by atoms with E-state index in [0.717, 1.165) is 16.7 Å². The lowest BCUT2D eigenvalue weighted by Crippen LogP contribution is -2.73. The number of carboxylic acid groups (broad SMARTS) is 1. The smallest absolute Gasteiger partial charge is 0.328 e. The molecule has 4 atom stereocenters. The third-order valence-electron chi connectivity index (χ3n) is 5.78. The van der Waals surface area contributed by atoms with Crippen molar-refractivity contribution >= 4 is 33.6 Å². The van der Waals surface area contributed by atoms with Crippen LogP contribution < -0.4 is 0 Å². The van der Waals surface area contributed by atoms with E-state index in [1.165, 1.54) is 0 Å². The predicted molar refractivity (Wildman–Crippen MR) is 96.0 cm³/mol. The van der Waals surface area contributed by atoms with Crippen LogP contribution in [0.15, 0.2) is 30.3 Å². The van der Waals surface area contributed by atoms with Gasteiger partial charge in [-0.3, -0.25) is 14.4 Å². The Balaban J connectivity index is 1.76. The normalized spacial score (nSPS) is 32.5. The minimum absolute atomic E-state index is 0.149. The summed E-state index contributed by atoms with van der Waals surface area (Å²) in [5, 5.41) is 8.06. The predicted octanol–water partition coefficient (Wildman–Crippen LogP) is -1.21. The number of benzene rings is 1. The van der Waals surface area contributed by atoms with Crippen LogP contribution >= 0.6 is 0 Å². The van der Waals surface area contributed by atoms with Crippen LogP contribution in [0.25, 0.3) is 0 Å². The average Bonchev–Trinajstić information content (AvgIpc) is 2.83. The molecule has 0 aromatic heterocycles. The number of carbonyl (C=O) groups is 4. The number of esters is 1. The summed E-state index contributed by atoms with van der Waals surface area (Å²) in [6.45, 7) is -0.146. The molecule has 4 rings (SSSR count). The van der Waals surface area contributed by atoms with Crippen molar-refractivity contribution in [2.45, 2.75) is 35.5 Å². The first kappa shape index (κ1) is 19.4. The number of aliphatic carboxylic acids is 1. The molecular weight excluding hydrogens is 404 g/mol. The zero-order chi connectivity index (χ0) is 21.1. The van der Waals surface area contributed by atoms with Crippen LogP contribution in [0.4, 0.5) is 0 Å². The van der Waals surface area contributed by atoms with Crippen LogP contribution in [-0.4, -0.2) is 82.4 Å². The Bertz CT molecular complexity index is 1020. The van der Waals surface area contributed by atoms with E-state index in [0.29, 0.717) is 5.56 Å². The number of carbonyl (C=O) groups excluding carboxylic acids is 3. The van der Waals surface area contributed by atoms with Crippen molar-refractivity contribution in [3.05, 3.63) is 35.9 Å². The van der Waals surface area contributed by atoms with Gasteiger partial charge in [0.25, 0.3) is 5.91 Å². The maximum absolute atomic E-state index is 13.2. The number of hydrogen-bond acceptors (Lipinski definition) is 7. The summed E-state index contributed by atoms with van der Waals surface area (Å²) in [4.78, 5) is 51.4. The summed E-state index contributed by atoms with van der Waals surface area (Å²) in [6, 6.07) is 5.42. The molecule has 29 heavy (non-hydrogen) atoms. The van der Waals surface area contributed by atoms with Gasteiger partial charge in [-0.25, -0.2) is 13.2 Å². The van der Waals surface area contributed by atoms with E-state index in [2.05, 4.69) is 0 Å². The van der Waals surface area contributed by atoms with Gasteiger partial charge in [0.1, 0.15) is 23.9 Å². The number of nitrogens with zero attached hydrogens (tertiary/aromatic N) is 2. The summed E-state index contributed by atoms with van der Waals surface area (Å²) >= 11 is 0. The largest absolute Gasteiger partial charge is 0.480 e. The van der Waals surface area contributed by atoms with Crippen molar-refractivity contribution in [2.75, 3.05) is 13.2 Å². The van der Waals surface area contributed by atoms with Crippen molar-refractivity contribution in [3.63, 3.8) is 0 Å². The number of cyclic esters (lactones) is 1. The van der Waals surface area contributed by atoms with Gasteiger partial charge in [0.05, 0.1) is 6.42 Å². The van der Waals surface area contributed by atoms with Gasteiger partial charge in [0.2, 0.25) is 5.91 Å². The summed E-state index contributed by atoms with van der Waals surface area (Å²) < 4.78 is 29.4. The number of amides is 2. The van der Waals surface area contributed by atoms with Crippen LogP contribution in [0.3, 0.4) is 0 Å². The lowest BCUT2D eigenvalue weighted by atomic mass is 9.93. The molecule has 0 radical (unpaired) electrons. The molecule has 3 saturated heterocycles. The Kier molecular flexibility index (Phi) is 4.19. The summed E-state index contributed by atoms with van der Waals surface area (Å²) in [5.74, 6) is -3.83. The SMILES string of the molecule is C[C@@]12COC(=O)CN(C(=O)Cc3ccccc3)[C@@H]3C(=O)N(C3S1(=O)=O)[C@H]2C(=O)O. The first-order valence-corrected chi connectivity index (χ1v) is 10.4. The quantitative estimate of drug-likeness (QED) is 0.473. The number of rotatable bonds is 3. The number of ether oxygens (including phenoxy) is 1. The molecule has 3 aliphatic rings. The van der Waals surface area contributed by atoms with E-state index in [4.69, 9.17) is 4.74 Å². The van der Waals surface area contributed by atoms with Gasteiger partial charge in [-0.15, -0.1) is 0 Å². The van der Waals surface area contributed by atoms with E-state index in [-0.39, 0.29) is 6.42 Å². The van der Waals surface area contributed by atoms with Crippen LogP contribution in [0, 0.1) is 0 Å². The number of β-lactam (4-membered cyclic amide) rings is 1. The van der Waals surface area contributed by atoms with E-state index in [1.807, 2.05) is 0 Å². The van der Waals surface area contributed by atoms with E-state index >= 15 is 0 Å². The van der Waals surface area contributed by atoms with Gasteiger partial charge >= 0.3 is 11.9 Å². The Morgan fingerprint density at radius 2 is 1.90 bits per heavy atom. The number of sulfone groups is 1. The summed E-state index contributed by atoms with van der Waals surface area (Å²) in [7, 11) is -4.25. The third kappa shape index (κ3) is 2.56. The van der Waals surface area contributed by atoms with Gasteiger partial charge in [-0.1, -0.05) is 30.3 Å². The molecule has 1 aromatic rings. The Morgan fingerprint density at radius 1 is 1.24 bits per heavy atom. The molecule has 2 amide bonds. The molecule has 0 aliphatic carbocycles. The maximum Gasteiger partial charge on any atom is 0.328 e. The van der Waals surface area contributed by atoms with Crippen LogP contribution in [-0.2, 0) is 40.2 Å². The molecular formula is C18H18N2O8S. The topological polar surface area (TPSA) is 138 Å². The van der Waals surface area contributed by atoms with Crippen molar-refractivity contribution in [2.24, 2.45) is 0 Å². The lowest BCUT2D eigenvalue weighted by Gasteiger charge is -2.47. The first-order valence-electron chi connectivity index (χ1n) is 8.87. The van der Waals surface area contributed by atoms with Gasteiger partial charge in [-0.2, -0.15) is 0 Å². The molecule has 3 heterocycles. The average molecular weight is 422 g/mol. The molecule has 2 bridgehead atoms. The highest BCUT2D eigenvalue weighted by Crippen LogP contribution is 2.48. The molecule has 0 spiro atoms. The molecule has 11 heteroatoms. The number of carboxylic acids is 1. The van der Waals surface area contributed by atoms with Crippen LogP contribution in [0.1, 0.15) is 12.5 Å². The molecule has 1 aromatic carbocycles. The molecule has 1 unspecified atom stereocenters. The summed E-state index contributed by atoms with van der Waals surface area (Å²) in [5.41, 5.74) is 0.622. The van der Waals surface area contributed by atoms with Gasteiger partial charge in [0.15, 0.2) is 21.3 Å². The van der Waals surface area contributed by atoms with Gasteiger partial charge in [-0.05, 0) is 12.5 Å². The molecule has 154 valence electrons. The second-order valence-corrected chi connectivity index (χ2v) is 10.0. The molecule has 3 aliphatic heterocycles. The zero-order valence-corrected chi connectivity index (χ0v) is 16.2. The van der Waals surface area contributed by atoms with Crippen LogP contribution in [0.5, 0.6) is 0 Å². The van der Waals surface area contributed by atoms with Gasteiger partial charge in [0, 0.05) is 0 Å². The van der Waals surface area contributed by atoms with Crippen molar-refractivity contribution in [3.8, 4) is 0 Å². The fraction of sp³-hybridized carbons (Fsp3) is 0.444. The third-order valence-corrected chi connectivity index (χ3v) is 8.55. The lowest BCUT2D eigenvalue weighted by molar-refractivity contribution is -0.174. The van der Waals surface area contributed by atoms with Crippen molar-refractivity contribution < 1.29 is 37.4 Å². The van der Waals surface area contributed by atoms with Crippen molar-refractivity contribution in [1.29, 1.82) is 0 Å². The van der Waals surface area contributed by atoms with E-state index in [1.54, 1.807) is 30.3 Å². The Hall–Kier alpha value is -2.95. The summed E-state index contributed by atoms with van der Waals surface area (Å²) in [6.07, 6.45) is -0.149. The minimum atomic E-state index is -4.25. The molecule has 0 saturated carbocycles. The highest BCUT2D eigenvalue weighted by Gasteiger charge is 2.76. The fourth-order valence-corrected chi connectivity index (χ4v) is 6.67.